The summed E-state index contributed by atoms with van der Waals surface area (Å²) in [4.78, 5) is 18.9. The van der Waals surface area contributed by atoms with Gasteiger partial charge in [-0.2, -0.15) is 23.5 Å². The van der Waals surface area contributed by atoms with Crippen molar-refractivity contribution >= 4 is 41.2 Å². The Balaban J connectivity index is 1.40. The molecule has 3 aliphatic heterocycles. The van der Waals surface area contributed by atoms with Crippen molar-refractivity contribution in [2.75, 3.05) is 43.5 Å². The van der Waals surface area contributed by atoms with Crippen LogP contribution in [0.2, 0.25) is 5.02 Å². The number of amidine groups is 1. The second-order valence-corrected chi connectivity index (χ2v) is 10.2. The minimum absolute atomic E-state index is 0.0436. The van der Waals surface area contributed by atoms with Gasteiger partial charge in [0.1, 0.15) is 24.0 Å². The minimum atomic E-state index is -4.64. The van der Waals surface area contributed by atoms with Crippen molar-refractivity contribution in [1.29, 1.82) is 5.26 Å². The summed E-state index contributed by atoms with van der Waals surface area (Å²) in [5, 5.41) is 20.2. The largest absolute Gasteiger partial charge is 0.416 e. The number of urea groups is 1. The van der Waals surface area contributed by atoms with Crippen molar-refractivity contribution in [3.05, 3.63) is 69.6 Å². The van der Waals surface area contributed by atoms with Gasteiger partial charge in [0, 0.05) is 25.6 Å². The predicted molar refractivity (Wildman–Crippen MR) is 148 cm³/mol. The van der Waals surface area contributed by atoms with Crippen LogP contribution in [0.25, 0.3) is 0 Å². The second kappa shape index (κ2) is 12.0. The highest BCUT2D eigenvalue weighted by Gasteiger charge is 2.45. The molecule has 2 amide bonds. The highest BCUT2D eigenvalue weighted by molar-refractivity contribution is 6.33. The number of nitrogens with zero attached hydrogens (tertiary/aromatic N) is 5. The molecular weight excluding hydrogens is 580 g/mol. The number of hydrazone groups is 1. The lowest BCUT2D eigenvalue weighted by Gasteiger charge is -2.32. The first-order chi connectivity index (χ1) is 20.1. The number of nitrogens with one attached hydrogen (secondary N) is 2. The summed E-state index contributed by atoms with van der Waals surface area (Å²) >= 11 is 5.94. The maximum atomic E-state index is 15.4. The molecule has 1 fully saturated rings. The highest BCUT2D eigenvalue weighted by Crippen LogP contribution is 2.44. The third-order valence-electron chi connectivity index (χ3n) is 7.18. The molecule has 0 spiro atoms. The number of alkyl halides is 3. The maximum absolute atomic E-state index is 15.4. The lowest BCUT2D eigenvalue weighted by Crippen LogP contribution is -2.46. The summed E-state index contributed by atoms with van der Waals surface area (Å²) in [5.74, 6) is -1.11. The number of ether oxygens (including phenoxy) is 1. The number of carbonyl (C=O) groups is 1. The van der Waals surface area contributed by atoms with Crippen LogP contribution in [0.1, 0.15) is 23.5 Å². The van der Waals surface area contributed by atoms with Crippen molar-refractivity contribution in [2.24, 2.45) is 15.8 Å². The number of halogens is 5. The van der Waals surface area contributed by atoms with E-state index < -0.39 is 35.5 Å². The molecule has 1 saturated heterocycles. The fourth-order valence-electron chi connectivity index (χ4n) is 5.21. The van der Waals surface area contributed by atoms with Crippen molar-refractivity contribution in [3.8, 4) is 6.07 Å². The zero-order valence-electron chi connectivity index (χ0n) is 22.0. The number of amides is 2. The molecule has 2 aromatic rings. The molecule has 0 bridgehead atoms. The van der Waals surface area contributed by atoms with Gasteiger partial charge in [-0.1, -0.05) is 17.7 Å². The van der Waals surface area contributed by atoms with Crippen LogP contribution in [-0.2, 0) is 10.9 Å². The van der Waals surface area contributed by atoms with Gasteiger partial charge < -0.3 is 21.1 Å². The van der Waals surface area contributed by atoms with Gasteiger partial charge in [0.05, 0.1) is 53.4 Å². The summed E-state index contributed by atoms with van der Waals surface area (Å²) in [7, 11) is 0. The predicted octanol–water partition coefficient (Wildman–Crippen LogP) is 4.72. The zero-order valence-corrected chi connectivity index (χ0v) is 22.7. The van der Waals surface area contributed by atoms with E-state index in [1.54, 1.807) is 11.1 Å². The third-order valence-corrected chi connectivity index (χ3v) is 7.51. The molecule has 3 heterocycles. The van der Waals surface area contributed by atoms with E-state index in [9.17, 15) is 23.2 Å². The van der Waals surface area contributed by atoms with Gasteiger partial charge in [-0.3, -0.25) is 9.91 Å². The Morgan fingerprint density at radius 3 is 2.60 bits per heavy atom. The Kier molecular flexibility index (Phi) is 8.35. The molecule has 15 heteroatoms. The first kappa shape index (κ1) is 29.3. The number of nitriles is 1. The van der Waals surface area contributed by atoms with Gasteiger partial charge >= 0.3 is 12.2 Å². The van der Waals surface area contributed by atoms with E-state index in [4.69, 9.17) is 22.1 Å². The van der Waals surface area contributed by atoms with E-state index >= 15 is 4.39 Å². The molecule has 0 saturated carbocycles. The first-order valence-corrected chi connectivity index (χ1v) is 13.2. The number of fused-ring (bicyclic) bond motifs is 1. The van der Waals surface area contributed by atoms with E-state index in [1.807, 2.05) is 0 Å². The Labute approximate surface area is 243 Å². The van der Waals surface area contributed by atoms with Gasteiger partial charge in [-0.15, -0.1) is 0 Å². The number of hydrogen-bond donors (Lipinski definition) is 3. The molecule has 0 aromatic heterocycles. The monoisotopic (exact) mass is 604 g/mol. The van der Waals surface area contributed by atoms with Crippen LogP contribution >= 0.6 is 11.6 Å². The topological polar surface area (TPSA) is 131 Å². The molecule has 2 atom stereocenters. The van der Waals surface area contributed by atoms with E-state index in [0.29, 0.717) is 44.5 Å². The quantitative estimate of drug-likeness (QED) is 0.409. The number of carbonyl (C=O) groups excluding carboxylic acids is 1. The van der Waals surface area contributed by atoms with Gasteiger partial charge in [-0.25, -0.2) is 14.2 Å². The van der Waals surface area contributed by atoms with E-state index in [0.717, 1.165) is 23.4 Å². The maximum Gasteiger partial charge on any atom is 0.416 e. The number of nitrogens with two attached hydrogens (primary N) is 1. The molecule has 42 heavy (non-hydrogen) atoms. The third kappa shape index (κ3) is 6.03. The number of aliphatic imine (C=N–C) groups is 1. The summed E-state index contributed by atoms with van der Waals surface area (Å²) < 4.78 is 60.0. The van der Waals surface area contributed by atoms with Crippen LogP contribution < -0.4 is 16.4 Å². The smallest absolute Gasteiger partial charge is 0.385 e. The number of rotatable bonds is 6. The summed E-state index contributed by atoms with van der Waals surface area (Å²) in [6, 6.07) is 7.21. The van der Waals surface area contributed by atoms with Gasteiger partial charge in [-0.05, 0) is 41.5 Å². The molecule has 0 radical (unpaired) electrons. The number of benzene rings is 2. The van der Waals surface area contributed by atoms with Crippen LogP contribution in [0.3, 0.4) is 0 Å². The molecule has 2 unspecified atom stereocenters. The summed E-state index contributed by atoms with van der Waals surface area (Å²) in [5.41, 5.74) is 6.75. The molecule has 2 aromatic carbocycles. The Hall–Kier alpha value is -4.19. The Morgan fingerprint density at radius 2 is 1.90 bits per heavy atom. The molecule has 4 N–H and O–H groups in total. The fraction of sp³-hybridized carbons (Fsp3) is 0.333. The standard InChI is InChI=1S/C27H25ClF4N8O2/c28-18-3-2-16(27(30,31)32)12-21(18)38-26(41)37-20-4-1-15(11-19(20)29)23-17(5-6-33)22(13-39-7-9-42-10-8-39)40-24(23)25(34)35-14-36-40/h1-4,11-12,14,23-24H,5,7-10,13H2,(H2,34,35,36)(H2,37,38,41). The number of hydrogen-bond acceptors (Lipinski definition) is 8. The number of morpholine rings is 1. The molecule has 0 aliphatic carbocycles. The van der Waals surface area contributed by atoms with Crippen LogP contribution in [-0.4, -0.2) is 67.0 Å². The lowest BCUT2D eigenvalue weighted by molar-refractivity contribution is -0.137. The molecule has 220 valence electrons. The van der Waals surface area contributed by atoms with Crippen LogP contribution in [0, 0.1) is 17.1 Å². The first-order valence-electron chi connectivity index (χ1n) is 12.8. The molecule has 5 rings (SSSR count). The Bertz CT molecular complexity index is 1510. The molecule has 3 aliphatic rings. The van der Waals surface area contributed by atoms with Gasteiger partial charge in [0.25, 0.3) is 0 Å². The van der Waals surface area contributed by atoms with Crippen molar-refractivity contribution in [1.82, 2.24) is 9.91 Å². The highest BCUT2D eigenvalue weighted by atomic mass is 35.5. The van der Waals surface area contributed by atoms with E-state index in [-0.39, 0.29) is 28.7 Å². The number of anilines is 2. The lowest BCUT2D eigenvalue weighted by atomic mass is 9.84. The Morgan fingerprint density at radius 1 is 1.17 bits per heavy atom. The van der Waals surface area contributed by atoms with E-state index in [2.05, 4.69) is 31.7 Å². The van der Waals surface area contributed by atoms with Crippen LogP contribution in [0.15, 0.2) is 57.8 Å². The fourth-order valence-corrected chi connectivity index (χ4v) is 5.38. The molecular formula is C27H25ClF4N8O2. The second-order valence-electron chi connectivity index (χ2n) is 9.76. The van der Waals surface area contributed by atoms with Crippen molar-refractivity contribution in [2.45, 2.75) is 24.6 Å². The summed E-state index contributed by atoms with van der Waals surface area (Å²) in [6.45, 7) is 3.03. The van der Waals surface area contributed by atoms with Crippen LogP contribution in [0.4, 0.5) is 33.7 Å². The van der Waals surface area contributed by atoms with Crippen molar-refractivity contribution < 1.29 is 27.1 Å². The van der Waals surface area contributed by atoms with Gasteiger partial charge in [0.15, 0.2) is 0 Å². The normalized spacial score (nSPS) is 20.7. The van der Waals surface area contributed by atoms with Gasteiger partial charge in [0.2, 0.25) is 0 Å². The SMILES string of the molecule is N#CCC1=C(CN2CCOCC2)N2N=CN=C(N)C2C1c1ccc(NC(=O)Nc2cc(C(F)(F)F)ccc2Cl)c(F)c1. The van der Waals surface area contributed by atoms with Crippen LogP contribution in [0.5, 0.6) is 0 Å². The average molecular weight is 605 g/mol. The molecule has 10 nitrogen and oxygen atoms in total. The average Bonchev–Trinajstić information content (AvgIpc) is 3.25. The zero-order chi connectivity index (χ0) is 30.0. The summed E-state index contributed by atoms with van der Waals surface area (Å²) in [6.07, 6.45) is -3.27. The minimum Gasteiger partial charge on any atom is -0.385 e. The van der Waals surface area contributed by atoms with E-state index in [1.165, 1.54) is 18.5 Å². The van der Waals surface area contributed by atoms with Crippen molar-refractivity contribution in [3.63, 3.8) is 0 Å².